The van der Waals surface area contributed by atoms with Crippen molar-refractivity contribution in [2.75, 3.05) is 6.61 Å². The highest BCUT2D eigenvalue weighted by Crippen LogP contribution is 2.31. The third-order valence-electron chi connectivity index (χ3n) is 4.11. The fourth-order valence-electron chi connectivity index (χ4n) is 2.61. The predicted octanol–water partition coefficient (Wildman–Crippen LogP) is 4.58. The minimum absolute atomic E-state index is 0.0635. The minimum atomic E-state index is -0.466. The topological polar surface area (TPSA) is 29.5 Å². The third-order valence-corrected chi connectivity index (χ3v) is 4.46. The van der Waals surface area contributed by atoms with Gasteiger partial charge in [-0.2, -0.15) is 0 Å². The lowest BCUT2D eigenvalue weighted by molar-refractivity contribution is -0.133. The fraction of sp³-hybridized carbons (Fsp3) is 0.316. The number of carbonyl (C=O) groups is 1. The van der Waals surface area contributed by atoms with Gasteiger partial charge in [0.05, 0.1) is 19.6 Å². The van der Waals surface area contributed by atoms with E-state index in [1.807, 2.05) is 0 Å². The first kappa shape index (κ1) is 17.7. The number of para-hydroxylation sites is 1. The van der Waals surface area contributed by atoms with Crippen LogP contribution < -0.4 is 4.74 Å². The van der Waals surface area contributed by atoms with Crippen LogP contribution in [0.25, 0.3) is 0 Å². The van der Waals surface area contributed by atoms with Crippen molar-refractivity contribution < 1.29 is 18.3 Å². The Kier molecular flexibility index (Phi) is 5.53. The van der Waals surface area contributed by atoms with Gasteiger partial charge in [0.2, 0.25) is 5.91 Å². The van der Waals surface area contributed by atoms with E-state index in [9.17, 15) is 13.6 Å². The average Bonchev–Trinajstić information content (AvgIpc) is 3.41. The van der Waals surface area contributed by atoms with Crippen molar-refractivity contribution in [3.8, 4) is 5.75 Å². The van der Waals surface area contributed by atoms with Crippen molar-refractivity contribution in [3.63, 3.8) is 0 Å². The van der Waals surface area contributed by atoms with E-state index < -0.39 is 11.6 Å². The van der Waals surface area contributed by atoms with E-state index in [0.29, 0.717) is 10.6 Å². The summed E-state index contributed by atoms with van der Waals surface area (Å²) in [5.74, 6) is -0.927. The summed E-state index contributed by atoms with van der Waals surface area (Å²) >= 11 is 6.06. The lowest BCUT2D eigenvalue weighted by Crippen LogP contribution is -2.34. The molecule has 0 bridgehead atoms. The van der Waals surface area contributed by atoms with E-state index in [1.54, 1.807) is 23.1 Å². The number of amides is 1. The Balaban J connectivity index is 1.61. The molecule has 6 heteroatoms. The molecule has 0 unspecified atom stereocenters. The zero-order valence-corrected chi connectivity index (χ0v) is 14.3. The molecule has 132 valence electrons. The maximum Gasteiger partial charge on any atom is 0.226 e. The summed E-state index contributed by atoms with van der Waals surface area (Å²) in [6.07, 6.45) is 1.88. The van der Waals surface area contributed by atoms with Crippen molar-refractivity contribution in [2.45, 2.75) is 31.8 Å². The smallest absolute Gasteiger partial charge is 0.226 e. The van der Waals surface area contributed by atoms with Gasteiger partial charge in [-0.05, 0) is 37.1 Å². The van der Waals surface area contributed by atoms with Crippen LogP contribution in [0.1, 0.15) is 24.8 Å². The predicted molar refractivity (Wildman–Crippen MR) is 91.5 cm³/mol. The second-order valence-electron chi connectivity index (χ2n) is 5.98. The zero-order valence-electron chi connectivity index (χ0n) is 13.6. The van der Waals surface area contributed by atoms with E-state index in [4.69, 9.17) is 16.3 Å². The second-order valence-corrected chi connectivity index (χ2v) is 6.39. The molecule has 1 aliphatic carbocycles. The Morgan fingerprint density at radius 1 is 1.12 bits per heavy atom. The molecule has 3 rings (SSSR count). The van der Waals surface area contributed by atoms with Crippen LogP contribution in [0.15, 0.2) is 42.5 Å². The third kappa shape index (κ3) is 4.48. The van der Waals surface area contributed by atoms with Gasteiger partial charge in [0.1, 0.15) is 5.82 Å². The lowest BCUT2D eigenvalue weighted by atomic mass is 10.2. The first-order valence-electron chi connectivity index (χ1n) is 8.16. The molecular formula is C19H18ClF2NO2. The van der Waals surface area contributed by atoms with Crippen molar-refractivity contribution >= 4 is 17.5 Å². The summed E-state index contributed by atoms with van der Waals surface area (Å²) in [7, 11) is 0. The number of rotatable bonds is 7. The van der Waals surface area contributed by atoms with E-state index in [2.05, 4.69) is 0 Å². The molecule has 2 aromatic carbocycles. The molecule has 0 aliphatic heterocycles. The molecule has 0 atom stereocenters. The number of ether oxygens (including phenoxy) is 1. The molecule has 25 heavy (non-hydrogen) atoms. The van der Waals surface area contributed by atoms with E-state index in [-0.39, 0.29) is 37.3 Å². The standard InChI is InChI=1S/C19H18ClF2NO2/c20-15-4-3-6-16(21)14(15)12-23(13-8-9-13)19(24)10-11-25-18-7-2-1-5-17(18)22/h1-7,13H,8-12H2. The first-order valence-corrected chi connectivity index (χ1v) is 8.53. The molecule has 1 amide bonds. The quantitative estimate of drug-likeness (QED) is 0.718. The summed E-state index contributed by atoms with van der Waals surface area (Å²) in [6.45, 7) is 0.197. The van der Waals surface area contributed by atoms with Gasteiger partial charge < -0.3 is 9.64 Å². The Morgan fingerprint density at radius 3 is 2.52 bits per heavy atom. The van der Waals surface area contributed by atoms with Gasteiger partial charge in [-0.25, -0.2) is 8.78 Å². The summed E-state index contributed by atoms with van der Waals surface area (Å²) < 4.78 is 32.8. The summed E-state index contributed by atoms with van der Waals surface area (Å²) in [5, 5.41) is 0.307. The largest absolute Gasteiger partial charge is 0.490 e. The van der Waals surface area contributed by atoms with Crippen molar-refractivity contribution in [2.24, 2.45) is 0 Å². The number of benzene rings is 2. The SMILES string of the molecule is O=C(CCOc1ccccc1F)N(Cc1c(F)cccc1Cl)C1CC1. The highest BCUT2D eigenvalue weighted by Gasteiger charge is 2.33. The Morgan fingerprint density at radius 2 is 1.84 bits per heavy atom. The van der Waals surface area contributed by atoms with Gasteiger partial charge in [0, 0.05) is 16.6 Å². The highest BCUT2D eigenvalue weighted by atomic mass is 35.5. The van der Waals surface area contributed by atoms with Gasteiger partial charge in [0.25, 0.3) is 0 Å². The maximum absolute atomic E-state index is 14.0. The van der Waals surface area contributed by atoms with Crippen LogP contribution in [0.3, 0.4) is 0 Å². The number of carbonyl (C=O) groups excluding carboxylic acids is 1. The molecular weight excluding hydrogens is 348 g/mol. The van der Waals surface area contributed by atoms with Crippen LogP contribution in [-0.2, 0) is 11.3 Å². The molecule has 3 nitrogen and oxygen atoms in total. The summed E-state index contributed by atoms with van der Waals surface area (Å²) in [4.78, 5) is 14.1. The molecule has 0 heterocycles. The van der Waals surface area contributed by atoms with Gasteiger partial charge in [-0.3, -0.25) is 4.79 Å². The minimum Gasteiger partial charge on any atom is -0.490 e. The van der Waals surface area contributed by atoms with Gasteiger partial charge in [-0.1, -0.05) is 29.8 Å². The second kappa shape index (κ2) is 7.83. The first-order chi connectivity index (χ1) is 12.1. The molecule has 2 aromatic rings. The lowest BCUT2D eigenvalue weighted by Gasteiger charge is -2.23. The van der Waals surface area contributed by atoms with Gasteiger partial charge in [-0.15, -0.1) is 0 Å². The normalized spacial score (nSPS) is 13.6. The van der Waals surface area contributed by atoms with E-state index in [0.717, 1.165) is 12.8 Å². The molecule has 1 saturated carbocycles. The molecule has 0 spiro atoms. The Bertz CT molecular complexity index is 745. The maximum atomic E-state index is 14.0. The Hall–Kier alpha value is -2.14. The van der Waals surface area contributed by atoms with Crippen LogP contribution in [-0.4, -0.2) is 23.5 Å². The average molecular weight is 366 g/mol. The van der Waals surface area contributed by atoms with Crippen LogP contribution in [0.4, 0.5) is 8.78 Å². The van der Waals surface area contributed by atoms with Crippen molar-refractivity contribution in [3.05, 3.63) is 64.7 Å². The Labute approximate surface area is 150 Å². The highest BCUT2D eigenvalue weighted by molar-refractivity contribution is 6.31. The number of hydrogen-bond donors (Lipinski definition) is 0. The fourth-order valence-corrected chi connectivity index (χ4v) is 2.84. The molecule has 1 aliphatic rings. The van der Waals surface area contributed by atoms with Crippen molar-refractivity contribution in [1.29, 1.82) is 0 Å². The number of nitrogens with zero attached hydrogens (tertiary/aromatic N) is 1. The number of hydrogen-bond acceptors (Lipinski definition) is 2. The molecule has 0 aromatic heterocycles. The molecule has 0 radical (unpaired) electrons. The summed E-state index contributed by atoms with van der Waals surface area (Å²) in [6, 6.07) is 10.6. The summed E-state index contributed by atoms with van der Waals surface area (Å²) in [5.41, 5.74) is 0.319. The monoisotopic (exact) mass is 365 g/mol. The number of halogens is 3. The van der Waals surface area contributed by atoms with Gasteiger partial charge >= 0.3 is 0 Å². The van der Waals surface area contributed by atoms with E-state index >= 15 is 0 Å². The van der Waals surface area contributed by atoms with Crippen LogP contribution in [0.5, 0.6) is 5.75 Å². The van der Waals surface area contributed by atoms with Gasteiger partial charge in [0.15, 0.2) is 11.6 Å². The van der Waals surface area contributed by atoms with Crippen LogP contribution in [0, 0.1) is 11.6 Å². The zero-order chi connectivity index (χ0) is 17.8. The molecule has 0 N–H and O–H groups in total. The molecule has 0 saturated heterocycles. The molecule has 1 fully saturated rings. The van der Waals surface area contributed by atoms with E-state index in [1.165, 1.54) is 24.3 Å². The van der Waals surface area contributed by atoms with Crippen LogP contribution in [0.2, 0.25) is 5.02 Å². The van der Waals surface area contributed by atoms with Crippen molar-refractivity contribution in [1.82, 2.24) is 4.90 Å². The van der Waals surface area contributed by atoms with Crippen LogP contribution >= 0.6 is 11.6 Å².